The zero-order valence-corrected chi connectivity index (χ0v) is 10.9. The number of anilines is 1. The lowest BCUT2D eigenvalue weighted by atomic mass is 10.1. The van der Waals surface area contributed by atoms with Crippen LogP contribution in [0.2, 0.25) is 0 Å². The third kappa shape index (κ3) is 3.76. The maximum atomic E-state index is 11.7. The Morgan fingerprint density at radius 2 is 1.94 bits per heavy atom. The van der Waals surface area contributed by atoms with Crippen LogP contribution in [-0.4, -0.2) is 25.0 Å². The molecule has 0 fully saturated rings. The predicted octanol–water partition coefficient (Wildman–Crippen LogP) is 1.97. The van der Waals surface area contributed by atoms with Crippen LogP contribution in [0.1, 0.15) is 30.6 Å². The Kier molecular flexibility index (Phi) is 5.17. The van der Waals surface area contributed by atoms with Crippen LogP contribution in [0.5, 0.6) is 0 Å². The van der Waals surface area contributed by atoms with E-state index >= 15 is 0 Å². The number of hydrogen-bond donors (Lipinski definition) is 3. The highest BCUT2D eigenvalue weighted by atomic mass is 16.2. The van der Waals surface area contributed by atoms with Crippen LogP contribution in [0.25, 0.3) is 0 Å². The molecule has 98 valence electrons. The first-order valence-corrected chi connectivity index (χ1v) is 5.97. The Bertz CT molecular complexity index is 432. The average molecular weight is 249 g/mol. The molecule has 18 heavy (non-hydrogen) atoms. The summed E-state index contributed by atoms with van der Waals surface area (Å²) in [6.07, 6.45) is 0.852. The maximum absolute atomic E-state index is 11.7. The first-order chi connectivity index (χ1) is 8.58. The van der Waals surface area contributed by atoms with Gasteiger partial charge in [-0.2, -0.15) is 0 Å². The number of hydrogen-bond acceptors (Lipinski definition) is 2. The molecule has 0 aliphatic heterocycles. The van der Waals surface area contributed by atoms with Crippen LogP contribution < -0.4 is 16.0 Å². The van der Waals surface area contributed by atoms with Gasteiger partial charge in [0.25, 0.3) is 5.91 Å². The van der Waals surface area contributed by atoms with Gasteiger partial charge in [-0.1, -0.05) is 19.1 Å². The molecule has 1 aromatic rings. The number of nitrogens with one attached hydrogen (secondary N) is 3. The maximum Gasteiger partial charge on any atom is 0.319 e. The van der Waals surface area contributed by atoms with Gasteiger partial charge in [0.2, 0.25) is 0 Å². The Morgan fingerprint density at radius 1 is 1.28 bits per heavy atom. The smallest absolute Gasteiger partial charge is 0.319 e. The van der Waals surface area contributed by atoms with E-state index in [1.165, 1.54) is 0 Å². The lowest BCUT2D eigenvalue weighted by molar-refractivity contribution is 0.0964. The lowest BCUT2D eigenvalue weighted by Gasteiger charge is -2.14. The molecule has 5 heteroatoms. The zero-order valence-electron chi connectivity index (χ0n) is 10.9. The van der Waals surface area contributed by atoms with Crippen molar-refractivity contribution in [1.29, 1.82) is 0 Å². The van der Waals surface area contributed by atoms with Crippen molar-refractivity contribution in [1.82, 2.24) is 10.6 Å². The van der Waals surface area contributed by atoms with Crippen LogP contribution in [0.4, 0.5) is 10.5 Å². The van der Waals surface area contributed by atoms with Gasteiger partial charge in [0.1, 0.15) is 0 Å². The minimum Gasteiger partial charge on any atom is -0.355 e. The molecule has 0 spiro atoms. The fourth-order valence-corrected chi connectivity index (χ4v) is 1.41. The molecule has 0 bridgehead atoms. The number of rotatable bonds is 4. The SMILES string of the molecule is CCC(C)NC(=O)Nc1ccccc1C(=O)NC. The van der Waals surface area contributed by atoms with Crippen molar-refractivity contribution >= 4 is 17.6 Å². The van der Waals surface area contributed by atoms with Gasteiger partial charge in [-0.05, 0) is 25.5 Å². The molecule has 1 unspecified atom stereocenters. The van der Waals surface area contributed by atoms with Crippen LogP contribution in [-0.2, 0) is 0 Å². The fourth-order valence-electron chi connectivity index (χ4n) is 1.41. The van der Waals surface area contributed by atoms with E-state index in [1.807, 2.05) is 13.8 Å². The normalized spacial score (nSPS) is 11.5. The summed E-state index contributed by atoms with van der Waals surface area (Å²) in [6.45, 7) is 3.91. The molecule has 0 aliphatic carbocycles. The van der Waals surface area contributed by atoms with E-state index in [4.69, 9.17) is 0 Å². The van der Waals surface area contributed by atoms with Gasteiger partial charge < -0.3 is 16.0 Å². The Morgan fingerprint density at radius 3 is 2.56 bits per heavy atom. The molecular weight excluding hydrogens is 230 g/mol. The van der Waals surface area contributed by atoms with E-state index in [-0.39, 0.29) is 18.0 Å². The van der Waals surface area contributed by atoms with Gasteiger partial charge in [-0.3, -0.25) is 4.79 Å². The van der Waals surface area contributed by atoms with Crippen molar-refractivity contribution in [3.63, 3.8) is 0 Å². The molecule has 3 amide bonds. The Balaban J connectivity index is 2.78. The standard InChI is InChI=1S/C13H19N3O2/c1-4-9(2)15-13(18)16-11-8-6-5-7-10(11)12(17)14-3/h5-9H,4H2,1-3H3,(H,14,17)(H2,15,16,18). The minimum absolute atomic E-state index is 0.0946. The highest BCUT2D eigenvalue weighted by Crippen LogP contribution is 2.14. The average Bonchev–Trinajstić information content (AvgIpc) is 2.38. The molecular formula is C13H19N3O2. The summed E-state index contributed by atoms with van der Waals surface area (Å²) in [5, 5.41) is 8.00. The van der Waals surface area contributed by atoms with Crippen LogP contribution in [0.3, 0.4) is 0 Å². The molecule has 0 saturated carbocycles. The molecule has 0 aliphatic rings. The van der Waals surface area contributed by atoms with E-state index < -0.39 is 0 Å². The van der Waals surface area contributed by atoms with E-state index in [2.05, 4.69) is 16.0 Å². The van der Waals surface area contributed by atoms with Gasteiger partial charge in [-0.15, -0.1) is 0 Å². The van der Waals surface area contributed by atoms with Crippen LogP contribution in [0, 0.1) is 0 Å². The summed E-state index contributed by atoms with van der Waals surface area (Å²) in [5.41, 5.74) is 0.942. The quantitative estimate of drug-likeness (QED) is 0.763. The van der Waals surface area contributed by atoms with Crippen molar-refractivity contribution in [2.45, 2.75) is 26.3 Å². The Hall–Kier alpha value is -2.04. The molecule has 0 heterocycles. The molecule has 1 rings (SSSR count). The largest absolute Gasteiger partial charge is 0.355 e. The van der Waals surface area contributed by atoms with Crippen LogP contribution >= 0.6 is 0 Å². The van der Waals surface area contributed by atoms with Crippen LogP contribution in [0.15, 0.2) is 24.3 Å². The highest BCUT2D eigenvalue weighted by molar-refractivity contribution is 6.03. The first kappa shape index (κ1) is 14.0. The summed E-state index contributed by atoms with van der Waals surface area (Å²) in [4.78, 5) is 23.3. The predicted molar refractivity (Wildman–Crippen MR) is 71.7 cm³/mol. The van der Waals surface area contributed by atoms with Crippen molar-refractivity contribution in [3.8, 4) is 0 Å². The molecule has 1 aromatic carbocycles. The van der Waals surface area contributed by atoms with Gasteiger partial charge in [0.05, 0.1) is 11.3 Å². The van der Waals surface area contributed by atoms with Gasteiger partial charge >= 0.3 is 6.03 Å². The minimum atomic E-state index is -0.305. The second kappa shape index (κ2) is 6.64. The highest BCUT2D eigenvalue weighted by Gasteiger charge is 2.12. The monoisotopic (exact) mass is 249 g/mol. The third-order valence-corrected chi connectivity index (χ3v) is 2.64. The zero-order chi connectivity index (χ0) is 13.5. The molecule has 3 N–H and O–H groups in total. The van der Waals surface area contributed by atoms with Crippen molar-refractivity contribution in [2.24, 2.45) is 0 Å². The molecule has 0 radical (unpaired) electrons. The van der Waals surface area contributed by atoms with E-state index in [9.17, 15) is 9.59 Å². The van der Waals surface area contributed by atoms with E-state index in [0.717, 1.165) is 6.42 Å². The van der Waals surface area contributed by atoms with E-state index in [0.29, 0.717) is 11.3 Å². The molecule has 0 saturated heterocycles. The molecule has 1 atom stereocenters. The first-order valence-electron chi connectivity index (χ1n) is 5.97. The number of urea groups is 1. The number of benzene rings is 1. The third-order valence-electron chi connectivity index (χ3n) is 2.64. The van der Waals surface area contributed by atoms with E-state index in [1.54, 1.807) is 31.3 Å². The second-order valence-corrected chi connectivity index (χ2v) is 4.03. The summed E-state index contributed by atoms with van der Waals surface area (Å²) in [7, 11) is 1.55. The summed E-state index contributed by atoms with van der Waals surface area (Å²) in [6, 6.07) is 6.67. The van der Waals surface area contributed by atoms with Crippen molar-refractivity contribution in [2.75, 3.05) is 12.4 Å². The topological polar surface area (TPSA) is 70.2 Å². The van der Waals surface area contributed by atoms with Gasteiger partial charge in [0.15, 0.2) is 0 Å². The number of amides is 3. The lowest BCUT2D eigenvalue weighted by Crippen LogP contribution is -2.36. The summed E-state index contributed by atoms with van der Waals surface area (Å²) >= 11 is 0. The number of carbonyl (C=O) groups is 2. The molecule has 0 aromatic heterocycles. The number of para-hydroxylation sites is 1. The molecule has 5 nitrogen and oxygen atoms in total. The fraction of sp³-hybridized carbons (Fsp3) is 0.385. The summed E-state index contributed by atoms with van der Waals surface area (Å²) in [5.74, 6) is -0.227. The Labute approximate surface area is 107 Å². The van der Waals surface area contributed by atoms with Gasteiger partial charge in [-0.25, -0.2) is 4.79 Å². The second-order valence-electron chi connectivity index (χ2n) is 4.03. The van der Waals surface area contributed by atoms with Gasteiger partial charge in [0, 0.05) is 13.1 Å². The van der Waals surface area contributed by atoms with Crippen molar-refractivity contribution in [3.05, 3.63) is 29.8 Å². The van der Waals surface area contributed by atoms with Crippen molar-refractivity contribution < 1.29 is 9.59 Å². The number of carbonyl (C=O) groups excluding carboxylic acids is 2. The summed E-state index contributed by atoms with van der Waals surface area (Å²) < 4.78 is 0.